The highest BCUT2D eigenvalue weighted by molar-refractivity contribution is 6.37. The van der Waals surface area contributed by atoms with Crippen molar-refractivity contribution < 1.29 is 19.1 Å². The highest BCUT2D eigenvalue weighted by Crippen LogP contribution is 2.28. The first-order valence-corrected chi connectivity index (χ1v) is 8.19. The lowest BCUT2D eigenvalue weighted by atomic mass is 10.2. The van der Waals surface area contributed by atoms with Gasteiger partial charge in [0.1, 0.15) is 5.75 Å². The molecule has 8 nitrogen and oxygen atoms in total. The molecule has 2 rings (SSSR count). The van der Waals surface area contributed by atoms with Crippen LogP contribution in [-0.2, 0) is 14.4 Å². The van der Waals surface area contributed by atoms with Crippen molar-refractivity contribution in [3.8, 4) is 5.75 Å². The van der Waals surface area contributed by atoms with E-state index in [0.29, 0.717) is 26.2 Å². The van der Waals surface area contributed by atoms with E-state index in [1.165, 1.54) is 11.8 Å². The van der Waals surface area contributed by atoms with E-state index in [1.54, 1.807) is 7.11 Å². The number of hydrogen-bond acceptors (Lipinski definition) is 6. The topological polar surface area (TPSA) is 96.2 Å². The van der Waals surface area contributed by atoms with Crippen molar-refractivity contribution in [1.82, 2.24) is 9.80 Å². The van der Waals surface area contributed by atoms with Crippen molar-refractivity contribution in [2.75, 3.05) is 51.3 Å². The van der Waals surface area contributed by atoms with E-state index < -0.39 is 17.7 Å². The Morgan fingerprint density at radius 2 is 1.80 bits per heavy atom. The molecule has 1 fully saturated rings. The molecule has 0 bridgehead atoms. The third-order valence-corrected chi connectivity index (χ3v) is 4.15. The van der Waals surface area contributed by atoms with Gasteiger partial charge < -0.3 is 20.3 Å². The Morgan fingerprint density at radius 3 is 2.36 bits per heavy atom. The summed E-state index contributed by atoms with van der Waals surface area (Å²) in [6.07, 6.45) is 0. The number of carbonyl (C=O) groups is 3. The third kappa shape index (κ3) is 4.27. The number of benzene rings is 1. The molecule has 1 saturated heterocycles. The number of hydrogen-bond donors (Lipinski definition) is 1. The zero-order valence-electron chi connectivity index (χ0n) is 14.6. The first kappa shape index (κ1) is 18.7. The minimum atomic E-state index is -0.816. The average molecular weight is 348 g/mol. The molecule has 0 aromatic heterocycles. The standard InChI is InChI=1S/C17H24N4O4/c1-13(22)21(8-7-18)17(24)16(23)20-11-9-19(10-12-20)14-5-3-4-6-15(14)25-2/h3-6H,7-12,18H2,1-2H3. The van der Waals surface area contributed by atoms with Gasteiger partial charge in [0.15, 0.2) is 0 Å². The molecule has 1 heterocycles. The van der Waals surface area contributed by atoms with E-state index in [0.717, 1.165) is 16.3 Å². The van der Waals surface area contributed by atoms with Crippen molar-refractivity contribution in [3.63, 3.8) is 0 Å². The maximum atomic E-state index is 12.4. The number of piperazine rings is 1. The van der Waals surface area contributed by atoms with Gasteiger partial charge >= 0.3 is 11.8 Å². The van der Waals surface area contributed by atoms with E-state index in [-0.39, 0.29) is 13.1 Å². The molecule has 0 spiro atoms. The normalized spacial score (nSPS) is 14.2. The minimum absolute atomic E-state index is 0.0427. The Bertz CT molecular complexity index is 641. The maximum Gasteiger partial charge on any atom is 0.318 e. The second kappa shape index (κ2) is 8.48. The number of anilines is 1. The Balaban J connectivity index is 2.00. The number of imide groups is 1. The molecule has 1 aliphatic heterocycles. The summed E-state index contributed by atoms with van der Waals surface area (Å²) in [6.45, 7) is 3.38. The summed E-state index contributed by atoms with van der Waals surface area (Å²) in [5, 5.41) is 0. The number of amides is 3. The summed E-state index contributed by atoms with van der Waals surface area (Å²) >= 11 is 0. The van der Waals surface area contributed by atoms with Gasteiger partial charge in [-0.15, -0.1) is 0 Å². The van der Waals surface area contributed by atoms with Crippen LogP contribution in [0.1, 0.15) is 6.92 Å². The van der Waals surface area contributed by atoms with E-state index in [2.05, 4.69) is 4.90 Å². The molecular weight excluding hydrogens is 324 g/mol. The zero-order chi connectivity index (χ0) is 18.4. The summed E-state index contributed by atoms with van der Waals surface area (Å²) < 4.78 is 5.36. The molecule has 0 unspecified atom stereocenters. The maximum absolute atomic E-state index is 12.4. The predicted octanol–water partition coefficient (Wildman–Crippen LogP) is -0.322. The van der Waals surface area contributed by atoms with Crippen LogP contribution in [0.4, 0.5) is 5.69 Å². The minimum Gasteiger partial charge on any atom is -0.495 e. The van der Waals surface area contributed by atoms with Crippen molar-refractivity contribution >= 4 is 23.4 Å². The molecule has 1 aromatic rings. The fraction of sp³-hybridized carbons (Fsp3) is 0.471. The van der Waals surface area contributed by atoms with Crippen LogP contribution in [0.3, 0.4) is 0 Å². The second-order valence-electron chi connectivity index (χ2n) is 5.72. The van der Waals surface area contributed by atoms with Gasteiger partial charge in [0, 0.05) is 46.2 Å². The average Bonchev–Trinajstić information content (AvgIpc) is 2.64. The number of carbonyl (C=O) groups excluding carboxylic acids is 3. The Hall–Kier alpha value is -2.61. The van der Waals surface area contributed by atoms with Gasteiger partial charge in [0.05, 0.1) is 12.8 Å². The van der Waals surface area contributed by atoms with Crippen LogP contribution in [0.5, 0.6) is 5.75 Å². The molecule has 8 heteroatoms. The third-order valence-electron chi connectivity index (χ3n) is 4.15. The van der Waals surface area contributed by atoms with Crippen LogP contribution in [0.15, 0.2) is 24.3 Å². The van der Waals surface area contributed by atoms with Crippen LogP contribution in [0, 0.1) is 0 Å². The number of para-hydroxylation sites is 2. The predicted molar refractivity (Wildman–Crippen MR) is 93.2 cm³/mol. The fourth-order valence-corrected chi connectivity index (χ4v) is 2.82. The zero-order valence-corrected chi connectivity index (χ0v) is 14.6. The lowest BCUT2D eigenvalue weighted by Gasteiger charge is -2.36. The molecule has 0 radical (unpaired) electrons. The van der Waals surface area contributed by atoms with Crippen molar-refractivity contribution in [3.05, 3.63) is 24.3 Å². The highest BCUT2D eigenvalue weighted by Gasteiger charge is 2.31. The second-order valence-corrected chi connectivity index (χ2v) is 5.72. The van der Waals surface area contributed by atoms with Gasteiger partial charge in [-0.2, -0.15) is 0 Å². The molecule has 3 amide bonds. The van der Waals surface area contributed by atoms with Crippen LogP contribution in [0.25, 0.3) is 0 Å². The van der Waals surface area contributed by atoms with E-state index in [4.69, 9.17) is 10.5 Å². The Labute approximate surface area is 147 Å². The molecule has 0 aliphatic carbocycles. The molecule has 1 aliphatic rings. The van der Waals surface area contributed by atoms with Gasteiger partial charge in [-0.1, -0.05) is 12.1 Å². The lowest BCUT2D eigenvalue weighted by Crippen LogP contribution is -2.54. The number of rotatable bonds is 4. The Kier molecular flexibility index (Phi) is 6.35. The molecular formula is C17H24N4O4. The summed E-state index contributed by atoms with van der Waals surface area (Å²) in [4.78, 5) is 40.6. The van der Waals surface area contributed by atoms with Gasteiger partial charge in [-0.25, -0.2) is 0 Å². The lowest BCUT2D eigenvalue weighted by molar-refractivity contribution is -0.156. The quantitative estimate of drug-likeness (QED) is 0.749. The van der Waals surface area contributed by atoms with Crippen molar-refractivity contribution in [1.29, 1.82) is 0 Å². The van der Waals surface area contributed by atoms with Crippen molar-refractivity contribution in [2.24, 2.45) is 5.73 Å². The summed E-state index contributed by atoms with van der Waals surface area (Å²) in [5.74, 6) is -1.19. The first-order valence-electron chi connectivity index (χ1n) is 8.19. The molecule has 25 heavy (non-hydrogen) atoms. The van der Waals surface area contributed by atoms with E-state index >= 15 is 0 Å². The van der Waals surface area contributed by atoms with E-state index in [9.17, 15) is 14.4 Å². The van der Waals surface area contributed by atoms with Crippen molar-refractivity contribution in [2.45, 2.75) is 6.92 Å². The number of nitrogens with two attached hydrogens (primary N) is 1. The highest BCUT2D eigenvalue weighted by atomic mass is 16.5. The van der Waals surface area contributed by atoms with Gasteiger partial charge in [0.25, 0.3) is 0 Å². The SMILES string of the molecule is COc1ccccc1N1CCN(C(=O)C(=O)N(CCN)C(C)=O)CC1. The molecule has 0 atom stereocenters. The summed E-state index contributed by atoms with van der Waals surface area (Å²) in [5.41, 5.74) is 6.36. The van der Waals surface area contributed by atoms with Gasteiger partial charge in [-0.3, -0.25) is 19.3 Å². The van der Waals surface area contributed by atoms with Crippen LogP contribution >= 0.6 is 0 Å². The van der Waals surface area contributed by atoms with Crippen LogP contribution < -0.4 is 15.4 Å². The van der Waals surface area contributed by atoms with Gasteiger partial charge in [-0.05, 0) is 12.1 Å². The summed E-state index contributed by atoms with van der Waals surface area (Å²) in [6, 6.07) is 7.67. The van der Waals surface area contributed by atoms with E-state index in [1.807, 2.05) is 24.3 Å². The van der Waals surface area contributed by atoms with Crippen LogP contribution in [0.2, 0.25) is 0 Å². The van der Waals surface area contributed by atoms with Crippen LogP contribution in [-0.4, -0.2) is 73.9 Å². The fourth-order valence-electron chi connectivity index (χ4n) is 2.82. The molecule has 0 saturated carbocycles. The smallest absolute Gasteiger partial charge is 0.318 e. The number of ether oxygens (including phenoxy) is 1. The van der Waals surface area contributed by atoms with Gasteiger partial charge in [0.2, 0.25) is 5.91 Å². The molecule has 1 aromatic carbocycles. The summed E-state index contributed by atoms with van der Waals surface area (Å²) in [7, 11) is 1.62. The molecule has 136 valence electrons. The monoisotopic (exact) mass is 348 g/mol. The Morgan fingerprint density at radius 1 is 1.16 bits per heavy atom. The largest absolute Gasteiger partial charge is 0.495 e. The molecule has 2 N–H and O–H groups in total. The number of nitrogens with zero attached hydrogens (tertiary/aromatic N) is 3. The number of methoxy groups -OCH3 is 1. The first-order chi connectivity index (χ1) is 12.0.